The minimum Gasteiger partial charge on any atom is -0.142 e. The van der Waals surface area contributed by atoms with Gasteiger partial charge in [-0.05, 0) is 6.42 Å². The molecule has 0 radical (unpaired) electrons. The lowest BCUT2D eigenvalue weighted by atomic mass is 10.3. The van der Waals surface area contributed by atoms with Gasteiger partial charge in [-0.15, -0.1) is 9.60 Å². The monoisotopic (exact) mass is 101 g/mol. The SMILES string of the molecule is FN1CC=CCC1. The van der Waals surface area contributed by atoms with Gasteiger partial charge in [-0.2, -0.15) is 0 Å². The lowest BCUT2D eigenvalue weighted by Gasteiger charge is -2.10. The maximum absolute atomic E-state index is 12.0. The van der Waals surface area contributed by atoms with E-state index in [4.69, 9.17) is 0 Å². The second kappa shape index (κ2) is 2.07. The molecule has 1 heterocycles. The highest BCUT2D eigenvalue weighted by Crippen LogP contribution is 1.99. The van der Waals surface area contributed by atoms with E-state index >= 15 is 0 Å². The van der Waals surface area contributed by atoms with Crippen molar-refractivity contribution in [3.63, 3.8) is 0 Å². The van der Waals surface area contributed by atoms with Gasteiger partial charge in [0.15, 0.2) is 0 Å². The Morgan fingerprint density at radius 1 is 1.43 bits per heavy atom. The minimum atomic E-state index is 0.472. The molecule has 2 heteroatoms. The summed E-state index contributed by atoms with van der Waals surface area (Å²) >= 11 is 0. The quantitative estimate of drug-likeness (QED) is 0.326. The average molecular weight is 101 g/mol. The van der Waals surface area contributed by atoms with Gasteiger partial charge < -0.3 is 0 Å². The van der Waals surface area contributed by atoms with Crippen LogP contribution in [0.15, 0.2) is 12.2 Å². The molecule has 0 saturated heterocycles. The molecule has 1 nitrogen and oxygen atoms in total. The van der Waals surface area contributed by atoms with Gasteiger partial charge in [0.2, 0.25) is 0 Å². The first kappa shape index (κ1) is 4.78. The van der Waals surface area contributed by atoms with Crippen LogP contribution in [0.5, 0.6) is 0 Å². The molecule has 0 N–H and O–H groups in total. The average Bonchev–Trinajstić information content (AvgIpc) is 1.69. The molecule has 7 heavy (non-hydrogen) atoms. The van der Waals surface area contributed by atoms with E-state index in [-0.39, 0.29) is 0 Å². The predicted molar refractivity (Wildman–Crippen MR) is 26.4 cm³/mol. The van der Waals surface area contributed by atoms with Crippen molar-refractivity contribution in [1.82, 2.24) is 5.12 Å². The van der Waals surface area contributed by atoms with E-state index in [9.17, 15) is 4.48 Å². The molecule has 40 valence electrons. The first-order valence-electron chi connectivity index (χ1n) is 2.45. The molecule has 1 aliphatic heterocycles. The van der Waals surface area contributed by atoms with Gasteiger partial charge >= 0.3 is 0 Å². The summed E-state index contributed by atoms with van der Waals surface area (Å²) in [6.45, 7) is 1.04. The Balaban J connectivity index is 2.32. The molecule has 0 spiro atoms. The number of rotatable bonds is 0. The van der Waals surface area contributed by atoms with Crippen molar-refractivity contribution in [1.29, 1.82) is 0 Å². The maximum atomic E-state index is 12.0. The van der Waals surface area contributed by atoms with Crippen LogP contribution in [-0.2, 0) is 0 Å². The summed E-state index contributed by atoms with van der Waals surface area (Å²) in [5.74, 6) is 0. The first-order chi connectivity index (χ1) is 3.39. The molecule has 0 fully saturated rings. The number of hydrogen-bond donors (Lipinski definition) is 0. The van der Waals surface area contributed by atoms with Crippen LogP contribution in [0.4, 0.5) is 4.48 Å². The fourth-order valence-corrected chi connectivity index (χ4v) is 0.613. The van der Waals surface area contributed by atoms with E-state index < -0.39 is 0 Å². The summed E-state index contributed by atoms with van der Waals surface area (Å²) in [7, 11) is 0. The highest BCUT2D eigenvalue weighted by Gasteiger charge is 2.00. The Labute approximate surface area is 42.4 Å². The highest BCUT2D eigenvalue weighted by atomic mass is 19.2. The van der Waals surface area contributed by atoms with Crippen LogP contribution in [0.2, 0.25) is 0 Å². The Bertz CT molecular complexity index is 80.1. The second-order valence-corrected chi connectivity index (χ2v) is 1.63. The number of hydrogen-bond acceptors (Lipinski definition) is 1. The van der Waals surface area contributed by atoms with Gasteiger partial charge in [0.05, 0.1) is 0 Å². The molecule has 1 rings (SSSR count). The zero-order chi connectivity index (χ0) is 5.11. The van der Waals surface area contributed by atoms with Crippen LogP contribution in [0, 0.1) is 0 Å². The van der Waals surface area contributed by atoms with Gasteiger partial charge in [0.25, 0.3) is 0 Å². The summed E-state index contributed by atoms with van der Waals surface area (Å²) < 4.78 is 12.0. The van der Waals surface area contributed by atoms with Gasteiger partial charge in [-0.25, -0.2) is 0 Å². The molecule has 0 unspecified atom stereocenters. The summed E-state index contributed by atoms with van der Waals surface area (Å²) in [5, 5.41) is 0.806. The highest BCUT2D eigenvalue weighted by molar-refractivity contribution is 4.87. The fourth-order valence-electron chi connectivity index (χ4n) is 0.613. The largest absolute Gasteiger partial charge is 0.142 e. The topological polar surface area (TPSA) is 3.24 Å². The van der Waals surface area contributed by atoms with Gasteiger partial charge in [-0.3, -0.25) is 0 Å². The summed E-state index contributed by atoms with van der Waals surface area (Å²) in [6.07, 6.45) is 4.69. The molecule has 0 aromatic rings. The van der Waals surface area contributed by atoms with E-state index in [2.05, 4.69) is 0 Å². The van der Waals surface area contributed by atoms with Crippen molar-refractivity contribution in [3.05, 3.63) is 12.2 Å². The van der Waals surface area contributed by atoms with Crippen LogP contribution < -0.4 is 0 Å². The normalized spacial score (nSPS) is 23.0. The van der Waals surface area contributed by atoms with E-state index in [0.29, 0.717) is 13.1 Å². The van der Waals surface area contributed by atoms with Crippen LogP contribution in [-0.4, -0.2) is 18.2 Å². The van der Waals surface area contributed by atoms with Crippen LogP contribution >= 0.6 is 0 Å². The molecule has 0 aromatic carbocycles. The Kier molecular flexibility index (Phi) is 1.42. The molecule has 0 aromatic heterocycles. The molecular formula is C5H8FN. The van der Waals surface area contributed by atoms with Crippen molar-refractivity contribution in [2.24, 2.45) is 0 Å². The zero-order valence-corrected chi connectivity index (χ0v) is 4.10. The van der Waals surface area contributed by atoms with Gasteiger partial charge in [0, 0.05) is 13.1 Å². The van der Waals surface area contributed by atoms with Crippen molar-refractivity contribution < 1.29 is 4.48 Å². The third-order valence-electron chi connectivity index (χ3n) is 1.01. The Hall–Kier alpha value is -0.370. The molecule has 0 saturated carbocycles. The molecular weight excluding hydrogens is 93.1 g/mol. The van der Waals surface area contributed by atoms with E-state index in [0.717, 1.165) is 11.5 Å². The van der Waals surface area contributed by atoms with Gasteiger partial charge in [0.1, 0.15) is 0 Å². The molecule has 0 amide bonds. The van der Waals surface area contributed by atoms with E-state index in [1.54, 1.807) is 0 Å². The molecule has 0 atom stereocenters. The second-order valence-electron chi connectivity index (χ2n) is 1.63. The smallest absolute Gasteiger partial charge is 0.0471 e. The first-order valence-corrected chi connectivity index (χ1v) is 2.45. The minimum absolute atomic E-state index is 0.472. The van der Waals surface area contributed by atoms with E-state index in [1.807, 2.05) is 12.2 Å². The predicted octanol–water partition coefficient (Wildman–Crippen LogP) is 1.13. The van der Waals surface area contributed by atoms with Crippen LogP contribution in [0.1, 0.15) is 6.42 Å². The van der Waals surface area contributed by atoms with Crippen molar-refractivity contribution in [3.8, 4) is 0 Å². The Morgan fingerprint density at radius 2 is 2.29 bits per heavy atom. The molecule has 0 aliphatic carbocycles. The number of halogens is 1. The Morgan fingerprint density at radius 3 is 2.57 bits per heavy atom. The zero-order valence-electron chi connectivity index (χ0n) is 4.10. The van der Waals surface area contributed by atoms with Crippen LogP contribution in [0.25, 0.3) is 0 Å². The summed E-state index contributed by atoms with van der Waals surface area (Å²) in [4.78, 5) is 0. The summed E-state index contributed by atoms with van der Waals surface area (Å²) in [6, 6.07) is 0. The van der Waals surface area contributed by atoms with Gasteiger partial charge in [-0.1, -0.05) is 12.2 Å². The standard InChI is InChI=1S/C5H8FN/c6-7-4-2-1-3-5-7/h1-2H,3-5H2. The van der Waals surface area contributed by atoms with Crippen LogP contribution in [0.3, 0.4) is 0 Å². The molecule has 1 aliphatic rings. The lowest BCUT2D eigenvalue weighted by molar-refractivity contribution is 0.0378. The fraction of sp³-hybridized carbons (Fsp3) is 0.600. The number of nitrogens with zero attached hydrogens (tertiary/aromatic N) is 1. The lowest BCUT2D eigenvalue weighted by Crippen LogP contribution is -2.17. The third kappa shape index (κ3) is 1.27. The van der Waals surface area contributed by atoms with Crippen molar-refractivity contribution >= 4 is 0 Å². The summed E-state index contributed by atoms with van der Waals surface area (Å²) in [5.41, 5.74) is 0. The maximum Gasteiger partial charge on any atom is 0.0471 e. The van der Waals surface area contributed by atoms with E-state index in [1.165, 1.54) is 0 Å². The molecule has 0 bridgehead atoms. The van der Waals surface area contributed by atoms with Crippen molar-refractivity contribution in [2.75, 3.05) is 13.1 Å². The van der Waals surface area contributed by atoms with Crippen molar-refractivity contribution in [2.45, 2.75) is 6.42 Å². The third-order valence-corrected chi connectivity index (χ3v) is 1.01.